The smallest absolute Gasteiger partial charge is 0.251 e. The van der Waals surface area contributed by atoms with E-state index in [1.54, 1.807) is 12.4 Å². The lowest BCUT2D eigenvalue weighted by Crippen LogP contribution is -2.31. The fraction of sp³-hybridized carbons (Fsp3) is 0.318. The summed E-state index contributed by atoms with van der Waals surface area (Å²) in [7, 11) is 0. The van der Waals surface area contributed by atoms with E-state index in [9.17, 15) is 4.79 Å². The van der Waals surface area contributed by atoms with Crippen LogP contribution in [0.25, 0.3) is 22.6 Å². The highest BCUT2D eigenvalue weighted by atomic mass is 16.1. The second-order valence-electron chi connectivity index (χ2n) is 7.67. The number of nitrogens with zero attached hydrogens (tertiary/aromatic N) is 3. The van der Waals surface area contributed by atoms with E-state index < -0.39 is 0 Å². The van der Waals surface area contributed by atoms with Gasteiger partial charge in [-0.2, -0.15) is 0 Å². The third-order valence-electron chi connectivity index (χ3n) is 5.85. The monoisotopic (exact) mass is 358 g/mol. The van der Waals surface area contributed by atoms with Crippen LogP contribution in [0, 0.1) is 5.92 Å². The van der Waals surface area contributed by atoms with Crippen molar-refractivity contribution < 1.29 is 0 Å². The van der Waals surface area contributed by atoms with Gasteiger partial charge in [-0.3, -0.25) is 14.7 Å². The molecule has 0 unspecified atom stereocenters. The van der Waals surface area contributed by atoms with E-state index in [-0.39, 0.29) is 5.56 Å². The van der Waals surface area contributed by atoms with Gasteiger partial charge >= 0.3 is 0 Å². The van der Waals surface area contributed by atoms with Crippen LogP contribution in [-0.4, -0.2) is 32.4 Å². The molecule has 2 atom stereocenters. The molecule has 5 nitrogen and oxygen atoms in total. The van der Waals surface area contributed by atoms with Crippen LogP contribution >= 0.6 is 0 Å². The largest absolute Gasteiger partial charge is 0.306 e. The van der Waals surface area contributed by atoms with E-state index in [1.807, 2.05) is 12.1 Å². The molecular formula is C22H22N4O. The van der Waals surface area contributed by atoms with Crippen LogP contribution in [0.1, 0.15) is 24.8 Å². The molecule has 5 heteroatoms. The number of aromatic amines is 1. The SMILES string of the molecule is O=c1cc(-c2ccncc2)nc(-c2ccc(CN3C[C@H]4CC[C@H]3C4)cc2)[nH]1. The number of hydrogen-bond acceptors (Lipinski definition) is 4. The number of aromatic nitrogens is 3. The fourth-order valence-electron chi connectivity index (χ4n) is 4.49. The van der Waals surface area contributed by atoms with Crippen molar-refractivity contribution in [2.45, 2.75) is 31.8 Å². The maximum absolute atomic E-state index is 12.1. The van der Waals surface area contributed by atoms with Crippen molar-refractivity contribution in [2.75, 3.05) is 6.54 Å². The summed E-state index contributed by atoms with van der Waals surface area (Å²) < 4.78 is 0. The molecule has 2 fully saturated rings. The van der Waals surface area contributed by atoms with Crippen molar-refractivity contribution in [1.82, 2.24) is 19.9 Å². The van der Waals surface area contributed by atoms with Crippen LogP contribution in [-0.2, 0) is 6.54 Å². The minimum atomic E-state index is -0.149. The summed E-state index contributed by atoms with van der Waals surface area (Å²) in [6.45, 7) is 2.26. The standard InChI is InChI=1S/C22H22N4O/c27-21-12-20(17-7-9-23-10-8-17)24-22(25-21)18-4-1-15(2-5-18)13-26-14-16-3-6-19(26)11-16/h1-2,4-5,7-10,12,16,19H,3,6,11,13-14H2,(H,24,25,27)/t16-,19-/m0/s1. The van der Waals surface area contributed by atoms with Gasteiger partial charge in [-0.25, -0.2) is 4.98 Å². The van der Waals surface area contributed by atoms with Gasteiger partial charge in [0.2, 0.25) is 0 Å². The third kappa shape index (κ3) is 3.30. The first-order valence-electron chi connectivity index (χ1n) is 9.60. The highest BCUT2D eigenvalue weighted by Gasteiger charge is 2.37. The number of fused-ring (bicyclic) bond motifs is 2. The molecule has 1 aromatic carbocycles. The number of rotatable bonds is 4. The summed E-state index contributed by atoms with van der Waals surface area (Å²) in [6.07, 6.45) is 7.56. The van der Waals surface area contributed by atoms with Gasteiger partial charge in [-0.05, 0) is 42.9 Å². The molecule has 3 aromatic rings. The van der Waals surface area contributed by atoms with Crippen molar-refractivity contribution in [3.05, 3.63) is 70.8 Å². The number of benzene rings is 1. The molecule has 2 aromatic heterocycles. The van der Waals surface area contributed by atoms with Gasteiger partial charge in [-0.1, -0.05) is 24.3 Å². The van der Waals surface area contributed by atoms with E-state index in [0.717, 1.165) is 29.6 Å². The zero-order chi connectivity index (χ0) is 18.2. The van der Waals surface area contributed by atoms with Gasteiger partial charge < -0.3 is 4.98 Å². The highest BCUT2D eigenvalue weighted by molar-refractivity contribution is 5.63. The zero-order valence-electron chi connectivity index (χ0n) is 15.1. The molecule has 2 aliphatic rings. The summed E-state index contributed by atoms with van der Waals surface area (Å²) in [5.74, 6) is 1.51. The second kappa shape index (κ2) is 6.74. The Hall–Kier alpha value is -2.79. The molecular weight excluding hydrogens is 336 g/mol. The minimum Gasteiger partial charge on any atom is -0.306 e. The van der Waals surface area contributed by atoms with Gasteiger partial charge in [-0.15, -0.1) is 0 Å². The number of likely N-dealkylation sites (tertiary alicyclic amines) is 1. The van der Waals surface area contributed by atoms with Gasteiger partial charge in [0.25, 0.3) is 5.56 Å². The molecule has 5 rings (SSSR count). The summed E-state index contributed by atoms with van der Waals surface area (Å²) >= 11 is 0. The summed E-state index contributed by atoms with van der Waals surface area (Å²) in [6, 6.07) is 14.4. The van der Waals surface area contributed by atoms with Crippen molar-refractivity contribution in [1.29, 1.82) is 0 Å². The molecule has 0 radical (unpaired) electrons. The van der Waals surface area contributed by atoms with Crippen LogP contribution in [0.5, 0.6) is 0 Å². The molecule has 1 aliphatic heterocycles. The Kier molecular flexibility index (Phi) is 4.09. The Morgan fingerprint density at radius 3 is 2.56 bits per heavy atom. The van der Waals surface area contributed by atoms with E-state index in [2.05, 4.69) is 44.1 Å². The Balaban J connectivity index is 1.38. The van der Waals surface area contributed by atoms with E-state index in [1.165, 1.54) is 37.4 Å². The lowest BCUT2D eigenvalue weighted by atomic mass is 10.1. The maximum atomic E-state index is 12.1. The quantitative estimate of drug-likeness (QED) is 0.776. The molecule has 136 valence electrons. The average Bonchev–Trinajstić information content (AvgIpc) is 3.32. The fourth-order valence-corrected chi connectivity index (χ4v) is 4.49. The normalized spacial score (nSPS) is 21.6. The highest BCUT2D eigenvalue weighted by Crippen LogP contribution is 2.38. The first-order valence-corrected chi connectivity index (χ1v) is 9.60. The second-order valence-corrected chi connectivity index (χ2v) is 7.67. The lowest BCUT2D eigenvalue weighted by molar-refractivity contribution is 0.205. The molecule has 1 aliphatic carbocycles. The molecule has 0 amide bonds. The Bertz CT molecular complexity index is 997. The molecule has 3 heterocycles. The van der Waals surface area contributed by atoms with Crippen LogP contribution in [0.4, 0.5) is 0 Å². The number of nitrogens with one attached hydrogen (secondary N) is 1. The van der Waals surface area contributed by atoms with Crippen LogP contribution < -0.4 is 5.56 Å². The van der Waals surface area contributed by atoms with E-state index >= 15 is 0 Å². The number of piperidine rings is 1. The van der Waals surface area contributed by atoms with Crippen LogP contribution in [0.2, 0.25) is 0 Å². The number of hydrogen-bond donors (Lipinski definition) is 1. The summed E-state index contributed by atoms with van der Waals surface area (Å²) in [5, 5.41) is 0. The molecule has 0 spiro atoms. The zero-order valence-corrected chi connectivity index (χ0v) is 15.1. The predicted octanol–water partition coefficient (Wildman–Crippen LogP) is 3.48. The number of pyridine rings is 1. The van der Waals surface area contributed by atoms with Gasteiger partial charge in [0.05, 0.1) is 5.69 Å². The Morgan fingerprint density at radius 2 is 1.85 bits per heavy atom. The number of H-pyrrole nitrogens is 1. The van der Waals surface area contributed by atoms with Gasteiger partial charge in [0, 0.05) is 48.7 Å². The van der Waals surface area contributed by atoms with Crippen molar-refractivity contribution in [3.63, 3.8) is 0 Å². The maximum Gasteiger partial charge on any atom is 0.251 e. The first-order chi connectivity index (χ1) is 13.2. The van der Waals surface area contributed by atoms with Crippen molar-refractivity contribution in [2.24, 2.45) is 5.92 Å². The lowest BCUT2D eigenvalue weighted by Gasteiger charge is -2.26. The van der Waals surface area contributed by atoms with Crippen molar-refractivity contribution >= 4 is 0 Å². The Morgan fingerprint density at radius 1 is 1.04 bits per heavy atom. The average molecular weight is 358 g/mol. The molecule has 1 N–H and O–H groups in total. The molecule has 1 saturated heterocycles. The first kappa shape index (κ1) is 16.4. The van der Waals surface area contributed by atoms with E-state index in [4.69, 9.17) is 0 Å². The van der Waals surface area contributed by atoms with Gasteiger partial charge in [0.15, 0.2) is 0 Å². The Labute approximate surface area is 158 Å². The minimum absolute atomic E-state index is 0.149. The van der Waals surface area contributed by atoms with Gasteiger partial charge in [0.1, 0.15) is 5.82 Å². The van der Waals surface area contributed by atoms with Crippen molar-refractivity contribution in [3.8, 4) is 22.6 Å². The van der Waals surface area contributed by atoms with Crippen LogP contribution in [0.3, 0.4) is 0 Å². The topological polar surface area (TPSA) is 61.9 Å². The van der Waals surface area contributed by atoms with Crippen LogP contribution in [0.15, 0.2) is 59.7 Å². The molecule has 2 bridgehead atoms. The molecule has 1 saturated carbocycles. The summed E-state index contributed by atoms with van der Waals surface area (Å²) in [5.41, 5.74) is 3.64. The molecule has 27 heavy (non-hydrogen) atoms. The summed E-state index contributed by atoms with van der Waals surface area (Å²) in [4.78, 5) is 26.3. The van der Waals surface area contributed by atoms with E-state index in [0.29, 0.717) is 11.5 Å². The predicted molar refractivity (Wildman–Crippen MR) is 105 cm³/mol. The third-order valence-corrected chi connectivity index (χ3v) is 5.85.